The second-order valence-electron chi connectivity index (χ2n) is 4.49. The van der Waals surface area contributed by atoms with Gasteiger partial charge in [0.2, 0.25) is 0 Å². The Bertz CT molecular complexity index is 345. The fourth-order valence-electron chi connectivity index (χ4n) is 1.70. The average molecular weight is 224 g/mol. The molecule has 0 radical (unpaired) electrons. The van der Waals surface area contributed by atoms with Crippen LogP contribution in [0.1, 0.15) is 30.8 Å². The van der Waals surface area contributed by atoms with Gasteiger partial charge < -0.3 is 15.0 Å². The highest BCUT2D eigenvalue weighted by Crippen LogP contribution is 2.06. The molecule has 1 rings (SSSR count). The van der Waals surface area contributed by atoms with E-state index in [9.17, 15) is 4.79 Å². The molecule has 1 heterocycles. The molecule has 1 aromatic heterocycles. The molecule has 1 atom stereocenters. The second kappa shape index (κ2) is 5.70. The Morgan fingerprint density at radius 1 is 1.56 bits per heavy atom. The SMILES string of the molecule is CC(C)CC(CO)NC(=O)c1cccn1C. The lowest BCUT2D eigenvalue weighted by molar-refractivity contribution is 0.0900. The zero-order valence-electron chi connectivity index (χ0n) is 10.1. The van der Waals surface area contributed by atoms with Gasteiger partial charge in [0.1, 0.15) is 5.69 Å². The molecular weight excluding hydrogens is 204 g/mol. The molecule has 4 heteroatoms. The van der Waals surface area contributed by atoms with Gasteiger partial charge in [-0.15, -0.1) is 0 Å². The lowest BCUT2D eigenvalue weighted by Gasteiger charge is -2.18. The quantitative estimate of drug-likeness (QED) is 0.788. The summed E-state index contributed by atoms with van der Waals surface area (Å²) in [4.78, 5) is 11.8. The fourth-order valence-corrected chi connectivity index (χ4v) is 1.70. The number of hydrogen-bond donors (Lipinski definition) is 2. The van der Waals surface area contributed by atoms with Gasteiger partial charge in [0, 0.05) is 13.2 Å². The molecule has 90 valence electrons. The molecule has 0 fully saturated rings. The van der Waals surface area contributed by atoms with Gasteiger partial charge in [-0.25, -0.2) is 0 Å². The van der Waals surface area contributed by atoms with Crippen molar-refractivity contribution in [3.63, 3.8) is 0 Å². The third-order valence-corrected chi connectivity index (χ3v) is 2.49. The summed E-state index contributed by atoms with van der Waals surface area (Å²) in [6.45, 7) is 4.11. The molecule has 16 heavy (non-hydrogen) atoms. The molecule has 0 bridgehead atoms. The molecule has 0 aromatic carbocycles. The van der Waals surface area contributed by atoms with Gasteiger partial charge in [-0.3, -0.25) is 4.79 Å². The maximum absolute atomic E-state index is 11.8. The highest BCUT2D eigenvalue weighted by atomic mass is 16.3. The largest absolute Gasteiger partial charge is 0.394 e. The van der Waals surface area contributed by atoms with Gasteiger partial charge in [0.25, 0.3) is 5.91 Å². The first-order chi connectivity index (χ1) is 7.54. The van der Waals surface area contributed by atoms with Gasteiger partial charge >= 0.3 is 0 Å². The van der Waals surface area contributed by atoms with Gasteiger partial charge in [-0.1, -0.05) is 13.8 Å². The average Bonchev–Trinajstić information content (AvgIpc) is 2.62. The Hall–Kier alpha value is -1.29. The Kier molecular flexibility index (Phi) is 4.55. The molecule has 0 aliphatic rings. The predicted molar refractivity (Wildman–Crippen MR) is 63.2 cm³/mol. The summed E-state index contributed by atoms with van der Waals surface area (Å²) in [5, 5.41) is 12.0. The van der Waals surface area contributed by atoms with E-state index in [4.69, 9.17) is 5.11 Å². The first-order valence-electron chi connectivity index (χ1n) is 5.57. The molecule has 0 spiro atoms. The molecule has 0 aliphatic heterocycles. The van der Waals surface area contributed by atoms with E-state index in [1.165, 1.54) is 0 Å². The van der Waals surface area contributed by atoms with Crippen LogP contribution in [0.4, 0.5) is 0 Å². The molecule has 0 aliphatic carbocycles. The van der Waals surface area contributed by atoms with E-state index in [0.717, 1.165) is 6.42 Å². The minimum Gasteiger partial charge on any atom is -0.394 e. The van der Waals surface area contributed by atoms with Gasteiger partial charge in [0.15, 0.2) is 0 Å². The van der Waals surface area contributed by atoms with E-state index in [1.54, 1.807) is 10.6 Å². The smallest absolute Gasteiger partial charge is 0.268 e. The number of nitrogens with zero attached hydrogens (tertiary/aromatic N) is 1. The van der Waals surface area contributed by atoms with Crippen molar-refractivity contribution in [2.24, 2.45) is 13.0 Å². The summed E-state index contributed by atoms with van der Waals surface area (Å²) in [6, 6.07) is 3.42. The van der Waals surface area contributed by atoms with Crippen molar-refractivity contribution in [3.8, 4) is 0 Å². The predicted octanol–water partition coefficient (Wildman–Crippen LogP) is 1.16. The molecule has 1 unspecified atom stereocenters. The van der Waals surface area contributed by atoms with E-state index in [2.05, 4.69) is 19.2 Å². The van der Waals surface area contributed by atoms with Gasteiger partial charge in [-0.2, -0.15) is 0 Å². The highest BCUT2D eigenvalue weighted by Gasteiger charge is 2.15. The Balaban J connectivity index is 2.59. The fraction of sp³-hybridized carbons (Fsp3) is 0.583. The van der Waals surface area contributed by atoms with Crippen LogP contribution in [0.2, 0.25) is 0 Å². The van der Waals surface area contributed by atoms with Crippen molar-refractivity contribution in [2.75, 3.05) is 6.61 Å². The zero-order valence-corrected chi connectivity index (χ0v) is 10.1. The van der Waals surface area contributed by atoms with E-state index in [1.807, 2.05) is 19.3 Å². The van der Waals surface area contributed by atoms with Crippen LogP contribution in [-0.4, -0.2) is 28.2 Å². The number of carbonyl (C=O) groups excluding carboxylic acids is 1. The third kappa shape index (κ3) is 3.38. The standard InChI is InChI=1S/C12H20N2O2/c1-9(2)7-10(8-15)13-12(16)11-5-4-6-14(11)3/h4-6,9-10,15H,7-8H2,1-3H3,(H,13,16). The van der Waals surface area contributed by atoms with E-state index in [-0.39, 0.29) is 18.6 Å². The molecule has 4 nitrogen and oxygen atoms in total. The van der Waals surface area contributed by atoms with Crippen molar-refractivity contribution in [1.29, 1.82) is 0 Å². The third-order valence-electron chi connectivity index (χ3n) is 2.49. The van der Waals surface area contributed by atoms with Crippen molar-refractivity contribution in [2.45, 2.75) is 26.3 Å². The van der Waals surface area contributed by atoms with Crippen LogP contribution in [-0.2, 0) is 7.05 Å². The summed E-state index contributed by atoms with van der Waals surface area (Å²) in [5.74, 6) is 0.318. The van der Waals surface area contributed by atoms with Crippen molar-refractivity contribution in [1.82, 2.24) is 9.88 Å². The number of aliphatic hydroxyl groups excluding tert-OH is 1. The van der Waals surface area contributed by atoms with Crippen molar-refractivity contribution in [3.05, 3.63) is 24.0 Å². The van der Waals surface area contributed by atoms with Gasteiger partial charge in [-0.05, 0) is 24.5 Å². The summed E-state index contributed by atoms with van der Waals surface area (Å²) in [7, 11) is 1.82. The first kappa shape index (κ1) is 12.8. The number of aryl methyl sites for hydroxylation is 1. The topological polar surface area (TPSA) is 54.3 Å². The van der Waals surface area contributed by atoms with Crippen LogP contribution in [0.15, 0.2) is 18.3 Å². The number of carbonyl (C=O) groups is 1. The number of aromatic nitrogens is 1. The molecule has 0 saturated carbocycles. The molecule has 2 N–H and O–H groups in total. The Morgan fingerprint density at radius 3 is 2.69 bits per heavy atom. The monoisotopic (exact) mass is 224 g/mol. The number of rotatable bonds is 5. The zero-order chi connectivity index (χ0) is 12.1. The summed E-state index contributed by atoms with van der Waals surface area (Å²) < 4.78 is 1.76. The molecule has 1 amide bonds. The number of hydrogen-bond acceptors (Lipinski definition) is 2. The minimum atomic E-state index is -0.164. The summed E-state index contributed by atoms with van der Waals surface area (Å²) in [6.07, 6.45) is 2.61. The number of aliphatic hydroxyl groups is 1. The summed E-state index contributed by atoms with van der Waals surface area (Å²) >= 11 is 0. The molecular formula is C12H20N2O2. The van der Waals surface area contributed by atoms with Crippen molar-refractivity contribution >= 4 is 5.91 Å². The number of amides is 1. The van der Waals surface area contributed by atoms with Crippen LogP contribution in [0, 0.1) is 5.92 Å². The lowest BCUT2D eigenvalue weighted by Crippen LogP contribution is -2.39. The van der Waals surface area contributed by atoms with Crippen LogP contribution in [0.3, 0.4) is 0 Å². The molecule has 1 aromatic rings. The van der Waals surface area contributed by atoms with Gasteiger partial charge in [0.05, 0.1) is 12.6 Å². The number of nitrogens with one attached hydrogen (secondary N) is 1. The maximum atomic E-state index is 11.8. The minimum absolute atomic E-state index is 0.0195. The highest BCUT2D eigenvalue weighted by molar-refractivity contribution is 5.92. The van der Waals surface area contributed by atoms with Crippen LogP contribution >= 0.6 is 0 Å². The maximum Gasteiger partial charge on any atom is 0.268 e. The first-order valence-corrected chi connectivity index (χ1v) is 5.57. The normalized spacial score (nSPS) is 12.8. The van der Waals surface area contributed by atoms with Crippen LogP contribution in [0.25, 0.3) is 0 Å². The lowest BCUT2D eigenvalue weighted by atomic mass is 10.0. The van der Waals surface area contributed by atoms with Crippen LogP contribution in [0.5, 0.6) is 0 Å². The van der Waals surface area contributed by atoms with E-state index < -0.39 is 0 Å². The van der Waals surface area contributed by atoms with Crippen molar-refractivity contribution < 1.29 is 9.90 Å². The Labute approximate surface area is 96.3 Å². The summed E-state index contributed by atoms with van der Waals surface area (Å²) in [5.41, 5.74) is 0.613. The van der Waals surface area contributed by atoms with E-state index >= 15 is 0 Å². The van der Waals surface area contributed by atoms with Crippen LogP contribution < -0.4 is 5.32 Å². The Morgan fingerprint density at radius 2 is 2.25 bits per heavy atom. The van der Waals surface area contributed by atoms with E-state index in [0.29, 0.717) is 11.6 Å². The second-order valence-corrected chi connectivity index (χ2v) is 4.49. The molecule has 0 saturated heterocycles.